The number of epoxide rings is 1. The number of aromatic nitrogens is 4. The average Bonchev–Trinajstić information content (AvgIpc) is 3.11. The highest BCUT2D eigenvalue weighted by molar-refractivity contribution is 7.66. The summed E-state index contributed by atoms with van der Waals surface area (Å²) in [6, 6.07) is 0. The number of nitrogens with one attached hydrogen (secondary N) is 1. The van der Waals surface area contributed by atoms with E-state index in [4.69, 9.17) is 25.0 Å². The number of rotatable bonds is 8. The van der Waals surface area contributed by atoms with E-state index in [1.165, 1.54) is 11.5 Å². The van der Waals surface area contributed by atoms with Gasteiger partial charge in [-0.25, -0.2) is 18.7 Å². The van der Waals surface area contributed by atoms with Gasteiger partial charge in [0.2, 0.25) is 11.7 Å². The van der Waals surface area contributed by atoms with Crippen molar-refractivity contribution in [2.24, 2.45) is 0 Å². The van der Waals surface area contributed by atoms with Gasteiger partial charge in [-0.15, -0.1) is 0 Å². The smallest absolute Gasteiger partial charge is 0.382 e. The minimum atomic E-state index is -5.72. The molecule has 5 unspecified atom stereocenters. The highest BCUT2D eigenvalue weighted by Gasteiger charge is 2.76. The second-order valence-electron chi connectivity index (χ2n) is 7.15. The molecule has 2 aromatic rings. The van der Waals surface area contributed by atoms with Crippen molar-refractivity contribution in [2.45, 2.75) is 30.6 Å². The Labute approximate surface area is 181 Å². The molecule has 2 aliphatic rings. The molecule has 0 bridgehead atoms. The molecule has 8 N–H and O–H groups in total. The fraction of sp³-hybridized carbons (Fsp3) is 0.545. The molecule has 0 aromatic carbocycles. The number of nitrogens with two attached hydrogens (primary N) is 1. The fourth-order valence-corrected chi connectivity index (χ4v) is 6.37. The van der Waals surface area contributed by atoms with Crippen LogP contribution in [0.3, 0.4) is 0 Å². The zero-order valence-electron chi connectivity index (χ0n) is 16.1. The number of nitrogen functional groups attached to an aromatic ring is 1. The van der Waals surface area contributed by atoms with Crippen molar-refractivity contribution in [3.05, 3.63) is 16.7 Å². The van der Waals surface area contributed by atoms with E-state index in [0.29, 0.717) is 0 Å². The number of anilines is 1. The standard InChI is InChI=1S/C11H16N5O14P3/c1-10(18)7-11(27-7,2-26-32(22,23)30-33(24,25)29-31(19,20)21)28-8(10)16-3-13-4-5(16)14-9(12)15-6(4)17/h3,7-8,18H,2H2,1H3,(H,22,23)(H,24,25)(H2,19,20,21)(H3,12,14,15,17)/t7?,8-,10?,11?/m1/s1. The van der Waals surface area contributed by atoms with Crippen LogP contribution in [0.2, 0.25) is 0 Å². The van der Waals surface area contributed by atoms with E-state index in [9.17, 15) is 33.4 Å². The van der Waals surface area contributed by atoms with E-state index in [-0.39, 0.29) is 17.1 Å². The van der Waals surface area contributed by atoms with Gasteiger partial charge in [0.25, 0.3) is 5.56 Å². The summed E-state index contributed by atoms with van der Waals surface area (Å²) in [5.41, 5.74) is 2.88. The molecular weight excluding hydrogens is 519 g/mol. The van der Waals surface area contributed by atoms with Gasteiger partial charge in [-0.1, -0.05) is 0 Å². The molecule has 6 atom stereocenters. The number of hydrogen-bond donors (Lipinski definition) is 7. The molecule has 0 saturated carbocycles. The van der Waals surface area contributed by atoms with Gasteiger partial charge in [-0.3, -0.25) is 18.9 Å². The van der Waals surface area contributed by atoms with E-state index >= 15 is 0 Å². The number of aromatic amines is 1. The third kappa shape index (κ3) is 4.69. The van der Waals surface area contributed by atoms with Crippen molar-refractivity contribution in [3.8, 4) is 0 Å². The second-order valence-corrected chi connectivity index (χ2v) is 11.6. The first-order valence-electron chi connectivity index (χ1n) is 8.53. The minimum absolute atomic E-state index is 0.0501. The summed E-state index contributed by atoms with van der Waals surface area (Å²) < 4.78 is 57.9. The van der Waals surface area contributed by atoms with Gasteiger partial charge in [-0.05, 0) is 6.92 Å². The second kappa shape index (κ2) is 7.47. The van der Waals surface area contributed by atoms with E-state index in [1.807, 2.05) is 0 Å². The Bertz CT molecular complexity index is 1320. The van der Waals surface area contributed by atoms with Crippen LogP contribution in [0.15, 0.2) is 11.1 Å². The van der Waals surface area contributed by atoms with E-state index in [0.717, 1.165) is 6.33 Å². The SMILES string of the molecule is CC1(O)C2OC2(COP(=O)(O)OP(=O)(O)OP(=O)(O)O)O[C@H]1n1cnc2c(=O)[nH]c(N)nc21. The van der Waals surface area contributed by atoms with Crippen molar-refractivity contribution in [1.82, 2.24) is 19.5 Å². The molecule has 4 heterocycles. The Balaban J connectivity index is 1.52. The molecule has 0 radical (unpaired) electrons. The maximum atomic E-state index is 12.0. The normalized spacial score (nSPS) is 32.9. The predicted octanol–water partition coefficient (Wildman–Crippen LogP) is -1.58. The molecule has 22 heteroatoms. The molecular formula is C11H16N5O14P3. The Kier molecular flexibility index (Phi) is 5.56. The van der Waals surface area contributed by atoms with Crippen molar-refractivity contribution in [1.29, 1.82) is 0 Å². The van der Waals surface area contributed by atoms with Crippen LogP contribution < -0.4 is 11.3 Å². The molecule has 2 aromatic heterocycles. The maximum Gasteiger partial charge on any atom is 0.490 e. The van der Waals surface area contributed by atoms with Gasteiger partial charge in [0.1, 0.15) is 12.2 Å². The van der Waals surface area contributed by atoms with Crippen molar-refractivity contribution >= 4 is 40.6 Å². The van der Waals surface area contributed by atoms with E-state index in [1.54, 1.807) is 0 Å². The Morgan fingerprint density at radius 3 is 2.52 bits per heavy atom. The van der Waals surface area contributed by atoms with Crippen LogP contribution >= 0.6 is 23.5 Å². The Morgan fingerprint density at radius 1 is 1.21 bits per heavy atom. The van der Waals surface area contributed by atoms with Gasteiger partial charge in [-0.2, -0.15) is 13.6 Å². The van der Waals surface area contributed by atoms with Crippen LogP contribution in [0.25, 0.3) is 11.2 Å². The lowest BCUT2D eigenvalue weighted by molar-refractivity contribution is -0.189. The van der Waals surface area contributed by atoms with Crippen LogP contribution in [-0.4, -0.2) is 68.3 Å². The van der Waals surface area contributed by atoms with Crippen LogP contribution in [0.5, 0.6) is 0 Å². The van der Waals surface area contributed by atoms with Gasteiger partial charge in [0.15, 0.2) is 23.5 Å². The summed E-state index contributed by atoms with van der Waals surface area (Å²) in [6.07, 6.45) is -1.33. The number of nitrogens with zero attached hydrogens (tertiary/aromatic N) is 3. The molecule has 4 rings (SSSR count). The highest BCUT2D eigenvalue weighted by Crippen LogP contribution is 2.67. The zero-order chi connectivity index (χ0) is 24.6. The zero-order valence-corrected chi connectivity index (χ0v) is 18.8. The third-order valence-electron chi connectivity index (χ3n) is 4.55. The third-order valence-corrected chi connectivity index (χ3v) is 8.33. The molecule has 2 saturated heterocycles. The summed E-state index contributed by atoms with van der Waals surface area (Å²) in [5.74, 6) is -2.08. The quantitative estimate of drug-likeness (QED) is 0.148. The summed E-state index contributed by atoms with van der Waals surface area (Å²) in [4.78, 5) is 57.9. The molecule has 184 valence electrons. The maximum absolute atomic E-state index is 12.0. The molecule has 33 heavy (non-hydrogen) atoms. The van der Waals surface area contributed by atoms with Crippen molar-refractivity contribution in [2.75, 3.05) is 12.3 Å². The molecule has 2 fully saturated rings. The largest absolute Gasteiger partial charge is 0.490 e. The van der Waals surface area contributed by atoms with Crippen LogP contribution in [0.4, 0.5) is 5.95 Å². The fourth-order valence-electron chi connectivity index (χ4n) is 3.33. The topological polar surface area (TPSA) is 291 Å². The van der Waals surface area contributed by atoms with Gasteiger partial charge in [0.05, 0.1) is 6.33 Å². The molecule has 19 nitrogen and oxygen atoms in total. The number of fused-ring (bicyclic) bond motifs is 2. The molecule has 0 spiro atoms. The number of hydrogen-bond acceptors (Lipinski definition) is 13. The number of aliphatic hydroxyl groups is 1. The number of phosphoric ester groups is 1. The first-order chi connectivity index (χ1) is 14.9. The predicted molar refractivity (Wildman–Crippen MR) is 101 cm³/mol. The van der Waals surface area contributed by atoms with Gasteiger partial charge in [0, 0.05) is 0 Å². The first-order valence-corrected chi connectivity index (χ1v) is 13.1. The summed E-state index contributed by atoms with van der Waals surface area (Å²) >= 11 is 0. The van der Waals surface area contributed by atoms with Crippen molar-refractivity contribution < 1.29 is 61.0 Å². The molecule has 0 amide bonds. The number of H-pyrrole nitrogens is 1. The number of ether oxygens (including phenoxy) is 2. The van der Waals surface area contributed by atoms with Crippen LogP contribution in [0.1, 0.15) is 13.2 Å². The first kappa shape index (κ1) is 24.6. The van der Waals surface area contributed by atoms with Crippen molar-refractivity contribution in [3.63, 3.8) is 0 Å². The lowest BCUT2D eigenvalue weighted by Gasteiger charge is -2.28. The number of imidazole rings is 1. The highest BCUT2D eigenvalue weighted by atomic mass is 31.3. The monoisotopic (exact) mass is 535 g/mol. The van der Waals surface area contributed by atoms with Crippen LogP contribution in [-0.2, 0) is 36.3 Å². The average molecular weight is 535 g/mol. The summed E-state index contributed by atoms with van der Waals surface area (Å²) in [5, 5.41) is 10.9. The number of phosphoric acid groups is 3. The summed E-state index contributed by atoms with van der Waals surface area (Å²) in [6.45, 7) is 0.334. The van der Waals surface area contributed by atoms with E-state index < -0.39 is 59.4 Å². The van der Waals surface area contributed by atoms with Gasteiger partial charge >= 0.3 is 23.5 Å². The summed E-state index contributed by atoms with van der Waals surface area (Å²) in [7, 11) is -16.7. The molecule has 2 aliphatic heterocycles. The van der Waals surface area contributed by atoms with Crippen LogP contribution in [0, 0.1) is 0 Å². The lowest BCUT2D eigenvalue weighted by atomic mass is 10.00. The van der Waals surface area contributed by atoms with E-state index in [2.05, 4.69) is 28.1 Å². The van der Waals surface area contributed by atoms with Gasteiger partial charge < -0.3 is 39.9 Å². The molecule has 0 aliphatic carbocycles. The Morgan fingerprint density at radius 2 is 1.88 bits per heavy atom. The Hall–Kier alpha value is -1.56. The minimum Gasteiger partial charge on any atom is -0.382 e. The lowest BCUT2D eigenvalue weighted by Crippen LogP contribution is -2.38.